The molecule has 8 heteroatoms. The van der Waals surface area contributed by atoms with E-state index in [1.54, 1.807) is 6.07 Å². The Balaban J connectivity index is 1.59. The maximum atomic E-state index is 13.9. The Hall–Kier alpha value is -2.48. The van der Waals surface area contributed by atoms with Gasteiger partial charge in [0.2, 0.25) is 11.8 Å². The van der Waals surface area contributed by atoms with Crippen LogP contribution in [0.5, 0.6) is 0 Å². The minimum Gasteiger partial charge on any atom is -0.408 e. The molecular formula is C20H25FN4O3. The maximum Gasteiger partial charge on any atom is 0.318 e. The first-order chi connectivity index (χ1) is 13.6. The van der Waals surface area contributed by atoms with Crippen LogP contribution in [0.1, 0.15) is 31.3 Å². The number of rotatable bonds is 6. The minimum atomic E-state index is -0.294. The molecule has 150 valence electrons. The number of aryl methyl sites for hydroxylation is 1. The largest absolute Gasteiger partial charge is 0.408 e. The van der Waals surface area contributed by atoms with Crippen molar-refractivity contribution < 1.29 is 18.3 Å². The Labute approximate surface area is 163 Å². The summed E-state index contributed by atoms with van der Waals surface area (Å²) in [6.45, 7) is 6.41. The van der Waals surface area contributed by atoms with E-state index >= 15 is 0 Å². The lowest BCUT2D eigenvalue weighted by Crippen LogP contribution is -2.37. The number of hydrogen-bond acceptors (Lipinski definition) is 6. The number of likely N-dealkylation sites (tertiary alicyclic amines) is 1. The van der Waals surface area contributed by atoms with Crippen molar-refractivity contribution in [3.8, 4) is 0 Å². The fraction of sp³-hybridized carbons (Fsp3) is 0.550. The number of carbonyl (C=O) groups excluding carboxylic acids is 1. The summed E-state index contributed by atoms with van der Waals surface area (Å²) < 4.78 is 25.0. The van der Waals surface area contributed by atoms with Crippen LogP contribution in [0.15, 0.2) is 28.7 Å². The van der Waals surface area contributed by atoms with Gasteiger partial charge in [-0.3, -0.25) is 4.79 Å². The van der Waals surface area contributed by atoms with Gasteiger partial charge in [-0.1, -0.05) is 24.2 Å². The van der Waals surface area contributed by atoms with E-state index in [4.69, 9.17) is 9.15 Å². The van der Waals surface area contributed by atoms with Gasteiger partial charge in [-0.25, -0.2) is 4.39 Å². The molecule has 3 atom stereocenters. The van der Waals surface area contributed by atoms with Crippen LogP contribution in [0.4, 0.5) is 10.4 Å². The van der Waals surface area contributed by atoms with Gasteiger partial charge in [0.25, 0.3) is 0 Å². The number of aromatic nitrogens is 2. The van der Waals surface area contributed by atoms with E-state index in [0.717, 1.165) is 12.1 Å². The molecule has 0 saturated carbocycles. The summed E-state index contributed by atoms with van der Waals surface area (Å²) in [6.07, 6.45) is 0.694. The molecule has 0 spiro atoms. The van der Waals surface area contributed by atoms with E-state index in [1.165, 1.54) is 12.1 Å². The van der Waals surface area contributed by atoms with Crippen LogP contribution in [0, 0.1) is 17.7 Å². The number of amides is 1. The second-order valence-electron chi connectivity index (χ2n) is 7.34. The molecular weight excluding hydrogens is 363 g/mol. The van der Waals surface area contributed by atoms with Crippen molar-refractivity contribution in [3.05, 3.63) is 41.5 Å². The molecule has 2 aliphatic heterocycles. The second kappa shape index (κ2) is 7.87. The lowest BCUT2D eigenvalue weighted by Gasteiger charge is -2.29. The summed E-state index contributed by atoms with van der Waals surface area (Å²) in [6, 6.07) is 6.87. The van der Waals surface area contributed by atoms with E-state index < -0.39 is 0 Å². The predicted octanol–water partition coefficient (Wildman–Crippen LogP) is 2.44. The van der Waals surface area contributed by atoms with Gasteiger partial charge in [-0.2, -0.15) is 0 Å². The number of halogens is 1. The topological polar surface area (TPSA) is 71.7 Å². The van der Waals surface area contributed by atoms with Gasteiger partial charge in [0.1, 0.15) is 12.4 Å². The monoisotopic (exact) mass is 388 g/mol. The SMILES string of the molecule is CCOCC(=O)N1C[C@@H]2CN(c3nnc(CC)o3)C[C@@H]2[C@H]1c1cccc(F)c1. The van der Waals surface area contributed by atoms with Gasteiger partial charge in [-0.05, 0) is 24.6 Å². The number of fused-ring (bicyclic) bond motifs is 1. The highest BCUT2D eigenvalue weighted by atomic mass is 19.1. The van der Waals surface area contributed by atoms with Gasteiger partial charge in [-0.15, -0.1) is 5.10 Å². The van der Waals surface area contributed by atoms with Crippen LogP contribution in [-0.4, -0.2) is 53.9 Å². The Bertz CT molecular complexity index is 842. The highest BCUT2D eigenvalue weighted by Crippen LogP contribution is 2.45. The predicted molar refractivity (Wildman–Crippen MR) is 100 cm³/mol. The number of carbonyl (C=O) groups is 1. The quantitative estimate of drug-likeness (QED) is 0.757. The average Bonchev–Trinajstić information content (AvgIpc) is 3.39. The molecule has 1 amide bonds. The molecule has 1 aromatic heterocycles. The number of benzene rings is 1. The van der Waals surface area contributed by atoms with E-state index in [1.807, 2.05) is 24.8 Å². The Kier molecular flexibility index (Phi) is 5.30. The van der Waals surface area contributed by atoms with Crippen LogP contribution >= 0.6 is 0 Å². The van der Waals surface area contributed by atoms with Crippen LogP contribution in [0.2, 0.25) is 0 Å². The van der Waals surface area contributed by atoms with E-state index in [-0.39, 0.29) is 36.2 Å². The molecule has 2 fully saturated rings. The molecule has 3 heterocycles. The van der Waals surface area contributed by atoms with Gasteiger partial charge in [0, 0.05) is 44.5 Å². The summed E-state index contributed by atoms with van der Waals surface area (Å²) in [5, 5.41) is 8.20. The maximum absolute atomic E-state index is 13.9. The molecule has 0 aliphatic carbocycles. The van der Waals surface area contributed by atoms with Crippen molar-refractivity contribution >= 4 is 11.9 Å². The first-order valence-corrected chi connectivity index (χ1v) is 9.80. The third-order valence-electron chi connectivity index (χ3n) is 5.63. The molecule has 0 unspecified atom stereocenters. The molecule has 28 heavy (non-hydrogen) atoms. The molecule has 1 aromatic carbocycles. The number of anilines is 1. The van der Waals surface area contributed by atoms with Crippen LogP contribution in [-0.2, 0) is 16.0 Å². The van der Waals surface area contributed by atoms with Crippen molar-refractivity contribution in [2.24, 2.45) is 11.8 Å². The average molecular weight is 388 g/mol. The fourth-order valence-electron chi connectivity index (χ4n) is 4.36. The molecule has 4 rings (SSSR count). The number of nitrogens with zero attached hydrogens (tertiary/aromatic N) is 4. The smallest absolute Gasteiger partial charge is 0.318 e. The van der Waals surface area contributed by atoms with Gasteiger partial charge < -0.3 is 19.0 Å². The van der Waals surface area contributed by atoms with E-state index in [0.29, 0.717) is 38.0 Å². The lowest BCUT2D eigenvalue weighted by molar-refractivity contribution is -0.137. The first kappa shape index (κ1) is 18.9. The van der Waals surface area contributed by atoms with Crippen molar-refractivity contribution in [1.82, 2.24) is 15.1 Å². The lowest BCUT2D eigenvalue weighted by atomic mass is 9.89. The number of ether oxygens (including phenoxy) is 1. The van der Waals surface area contributed by atoms with Crippen LogP contribution in [0.3, 0.4) is 0 Å². The van der Waals surface area contributed by atoms with Crippen molar-refractivity contribution in [2.45, 2.75) is 26.3 Å². The number of hydrogen-bond donors (Lipinski definition) is 0. The van der Waals surface area contributed by atoms with Crippen molar-refractivity contribution in [1.29, 1.82) is 0 Å². The summed E-state index contributed by atoms with van der Waals surface area (Å²) in [5.41, 5.74) is 0.818. The Morgan fingerprint density at radius 2 is 2.14 bits per heavy atom. The van der Waals surface area contributed by atoms with E-state index in [9.17, 15) is 9.18 Å². The van der Waals surface area contributed by atoms with Crippen LogP contribution < -0.4 is 4.90 Å². The zero-order chi connectivity index (χ0) is 19.7. The fourth-order valence-corrected chi connectivity index (χ4v) is 4.36. The molecule has 0 bridgehead atoms. The zero-order valence-electron chi connectivity index (χ0n) is 16.2. The van der Waals surface area contributed by atoms with Crippen LogP contribution in [0.25, 0.3) is 0 Å². The highest BCUT2D eigenvalue weighted by Gasteiger charge is 2.50. The molecule has 0 radical (unpaired) electrons. The third-order valence-corrected chi connectivity index (χ3v) is 5.63. The molecule has 2 saturated heterocycles. The Morgan fingerprint density at radius 3 is 2.86 bits per heavy atom. The normalized spacial score (nSPS) is 24.0. The summed E-state index contributed by atoms with van der Waals surface area (Å²) in [4.78, 5) is 16.7. The molecule has 2 aromatic rings. The summed E-state index contributed by atoms with van der Waals surface area (Å²) in [7, 11) is 0. The third kappa shape index (κ3) is 3.48. The summed E-state index contributed by atoms with van der Waals surface area (Å²) >= 11 is 0. The first-order valence-electron chi connectivity index (χ1n) is 9.80. The van der Waals surface area contributed by atoms with Gasteiger partial charge in [0.15, 0.2) is 0 Å². The minimum absolute atomic E-state index is 0.0506. The second-order valence-corrected chi connectivity index (χ2v) is 7.34. The molecule has 2 aliphatic rings. The van der Waals surface area contributed by atoms with Gasteiger partial charge in [0.05, 0.1) is 6.04 Å². The standard InChI is InChI=1S/C20H25FN4O3/c1-3-17-22-23-20(28-17)24-9-14-10-25(18(26)12-27-4-2)19(16(14)11-24)13-6-5-7-15(21)8-13/h5-8,14,16,19H,3-4,9-12H2,1-2H3/t14-,16-,19+/m0/s1. The molecule has 7 nitrogen and oxygen atoms in total. The van der Waals surface area contributed by atoms with Gasteiger partial charge >= 0.3 is 6.01 Å². The summed E-state index contributed by atoms with van der Waals surface area (Å²) in [5.74, 6) is 0.697. The molecule has 0 N–H and O–H groups in total. The van der Waals surface area contributed by atoms with E-state index in [2.05, 4.69) is 15.1 Å². The highest BCUT2D eigenvalue weighted by molar-refractivity contribution is 5.78. The van der Waals surface area contributed by atoms with Crippen molar-refractivity contribution in [3.63, 3.8) is 0 Å². The van der Waals surface area contributed by atoms with Crippen molar-refractivity contribution in [2.75, 3.05) is 37.7 Å². The zero-order valence-corrected chi connectivity index (χ0v) is 16.2. The Morgan fingerprint density at radius 1 is 1.29 bits per heavy atom.